The lowest BCUT2D eigenvalue weighted by Crippen LogP contribution is -2.34. The van der Waals surface area contributed by atoms with Crippen LogP contribution in [0.25, 0.3) is 10.6 Å². The van der Waals surface area contributed by atoms with E-state index in [2.05, 4.69) is 4.98 Å². The molecule has 2 aromatic rings. The lowest BCUT2D eigenvalue weighted by atomic mass is 9.90. The van der Waals surface area contributed by atoms with Gasteiger partial charge in [0, 0.05) is 18.7 Å². The summed E-state index contributed by atoms with van der Waals surface area (Å²) in [6.45, 7) is 2.54. The second-order valence-corrected chi connectivity index (χ2v) is 7.47. The number of aliphatic carboxylic acids is 1. The maximum absolute atomic E-state index is 12.6. The van der Waals surface area contributed by atoms with Gasteiger partial charge in [0.2, 0.25) is 6.79 Å². The lowest BCUT2D eigenvalue weighted by molar-refractivity contribution is -0.147. The molecule has 0 aliphatic carbocycles. The van der Waals surface area contributed by atoms with Gasteiger partial charge < -0.3 is 19.5 Å². The molecule has 1 saturated heterocycles. The number of fused-ring (bicyclic) bond motifs is 1. The van der Waals surface area contributed by atoms with E-state index in [1.165, 1.54) is 11.3 Å². The largest absolute Gasteiger partial charge is 0.481 e. The van der Waals surface area contributed by atoms with E-state index in [1.807, 2.05) is 18.2 Å². The summed E-state index contributed by atoms with van der Waals surface area (Å²) in [5.41, 5.74) is -0.0226. The molecule has 0 spiro atoms. The highest BCUT2D eigenvalue weighted by atomic mass is 32.1. The molecule has 0 unspecified atom stereocenters. The molecule has 4 rings (SSSR count). The highest BCUT2D eigenvalue weighted by molar-refractivity contribution is 7.16. The fourth-order valence-corrected chi connectivity index (χ4v) is 3.88. The summed E-state index contributed by atoms with van der Waals surface area (Å²) in [6.07, 6.45) is 2.01. The number of carboxylic acids is 1. The molecule has 2 aliphatic heterocycles. The van der Waals surface area contributed by atoms with Crippen molar-refractivity contribution in [3.8, 4) is 22.1 Å². The third kappa shape index (κ3) is 2.72. The van der Waals surface area contributed by atoms with Crippen molar-refractivity contribution in [2.24, 2.45) is 5.41 Å². The Kier molecular flexibility index (Phi) is 3.64. The zero-order valence-corrected chi connectivity index (χ0v) is 14.3. The number of hydrogen-bond acceptors (Lipinski definition) is 6. The van der Waals surface area contributed by atoms with Crippen molar-refractivity contribution in [1.82, 2.24) is 9.88 Å². The lowest BCUT2D eigenvalue weighted by Gasteiger charge is -2.19. The number of likely N-dealkylation sites (tertiary alicyclic amines) is 1. The van der Waals surface area contributed by atoms with E-state index >= 15 is 0 Å². The molecular weight excluding hydrogens is 344 g/mol. The molecular formula is C17H16N2O5S. The van der Waals surface area contributed by atoms with Crippen molar-refractivity contribution in [1.29, 1.82) is 0 Å². The molecule has 7 nitrogen and oxygen atoms in total. The molecule has 8 heteroatoms. The zero-order chi connectivity index (χ0) is 17.6. The number of benzene rings is 1. The second kappa shape index (κ2) is 5.73. The molecule has 1 fully saturated rings. The Labute approximate surface area is 147 Å². The minimum Gasteiger partial charge on any atom is -0.481 e. The van der Waals surface area contributed by atoms with E-state index in [1.54, 1.807) is 18.0 Å². The van der Waals surface area contributed by atoms with E-state index in [-0.39, 0.29) is 19.2 Å². The summed E-state index contributed by atoms with van der Waals surface area (Å²) in [5.74, 6) is 0.321. The van der Waals surface area contributed by atoms with Gasteiger partial charge in [-0.25, -0.2) is 4.98 Å². The van der Waals surface area contributed by atoms with Crippen LogP contribution in [-0.4, -0.2) is 46.7 Å². The van der Waals surface area contributed by atoms with Gasteiger partial charge in [-0.3, -0.25) is 9.59 Å². The summed E-state index contributed by atoms with van der Waals surface area (Å²) in [6, 6.07) is 5.53. The highest BCUT2D eigenvalue weighted by Crippen LogP contribution is 2.37. The average molecular weight is 360 g/mol. The Hall–Kier alpha value is -2.61. The van der Waals surface area contributed by atoms with Crippen LogP contribution in [0.4, 0.5) is 0 Å². The highest BCUT2D eigenvalue weighted by Gasteiger charge is 2.42. The molecule has 130 valence electrons. The van der Waals surface area contributed by atoms with Gasteiger partial charge in [0.15, 0.2) is 11.5 Å². The first-order chi connectivity index (χ1) is 12.0. The number of hydrogen-bond donors (Lipinski definition) is 1. The maximum atomic E-state index is 12.6. The van der Waals surface area contributed by atoms with Gasteiger partial charge in [-0.15, -0.1) is 11.3 Å². The molecule has 1 atom stereocenters. The minimum absolute atomic E-state index is 0.172. The molecule has 0 saturated carbocycles. The van der Waals surface area contributed by atoms with Crippen LogP contribution in [0.15, 0.2) is 24.4 Å². The van der Waals surface area contributed by atoms with E-state index in [0.29, 0.717) is 34.3 Å². The van der Waals surface area contributed by atoms with Crippen molar-refractivity contribution in [3.05, 3.63) is 29.3 Å². The van der Waals surface area contributed by atoms with Gasteiger partial charge in [0.05, 0.1) is 11.6 Å². The summed E-state index contributed by atoms with van der Waals surface area (Å²) < 4.78 is 10.7. The molecule has 1 aromatic carbocycles. The summed E-state index contributed by atoms with van der Waals surface area (Å²) in [5, 5.41) is 10.0. The van der Waals surface area contributed by atoms with Gasteiger partial charge >= 0.3 is 5.97 Å². The summed E-state index contributed by atoms with van der Waals surface area (Å²) >= 11 is 1.29. The van der Waals surface area contributed by atoms with E-state index in [9.17, 15) is 14.7 Å². The zero-order valence-electron chi connectivity index (χ0n) is 13.5. The van der Waals surface area contributed by atoms with Crippen LogP contribution >= 0.6 is 11.3 Å². The molecule has 2 aliphatic rings. The summed E-state index contributed by atoms with van der Waals surface area (Å²) in [7, 11) is 0. The number of ether oxygens (including phenoxy) is 2. The first-order valence-electron chi connectivity index (χ1n) is 7.85. The van der Waals surface area contributed by atoms with Crippen LogP contribution in [0, 0.1) is 5.41 Å². The van der Waals surface area contributed by atoms with Gasteiger partial charge in [-0.1, -0.05) is 0 Å². The number of carbonyl (C=O) groups is 2. The van der Waals surface area contributed by atoms with Gasteiger partial charge in [-0.2, -0.15) is 0 Å². The van der Waals surface area contributed by atoms with Gasteiger partial charge in [-0.05, 0) is 31.5 Å². The molecule has 25 heavy (non-hydrogen) atoms. The molecule has 0 bridgehead atoms. The van der Waals surface area contributed by atoms with Crippen molar-refractivity contribution >= 4 is 23.2 Å². The number of rotatable bonds is 3. The van der Waals surface area contributed by atoms with Crippen LogP contribution in [-0.2, 0) is 4.79 Å². The third-order valence-electron chi connectivity index (χ3n) is 4.61. The number of nitrogens with zero attached hydrogens (tertiary/aromatic N) is 2. The van der Waals surface area contributed by atoms with Gasteiger partial charge in [0.25, 0.3) is 5.91 Å². The Morgan fingerprint density at radius 3 is 2.88 bits per heavy atom. The standard InChI is InChI=1S/C17H16N2O5S/c1-17(16(21)22)4-5-19(8-17)15(20)13-7-18-14(25-13)10-2-3-11-12(6-10)24-9-23-11/h2-3,6-7H,4-5,8-9H2,1H3,(H,21,22)/t17-/m1/s1. The molecule has 1 aromatic heterocycles. The summed E-state index contributed by atoms with van der Waals surface area (Å²) in [4.78, 5) is 30.4. The molecule has 1 amide bonds. The first-order valence-corrected chi connectivity index (χ1v) is 8.66. The van der Waals surface area contributed by atoms with E-state index in [0.717, 1.165) is 5.56 Å². The predicted molar refractivity (Wildman–Crippen MR) is 89.9 cm³/mol. The van der Waals surface area contributed by atoms with E-state index < -0.39 is 11.4 Å². The van der Waals surface area contributed by atoms with E-state index in [4.69, 9.17) is 9.47 Å². The van der Waals surface area contributed by atoms with Crippen LogP contribution in [0.3, 0.4) is 0 Å². The fraction of sp³-hybridized carbons (Fsp3) is 0.353. The third-order valence-corrected chi connectivity index (χ3v) is 5.65. The first kappa shape index (κ1) is 15.9. The quantitative estimate of drug-likeness (QED) is 0.904. The van der Waals surface area contributed by atoms with Crippen LogP contribution in [0.5, 0.6) is 11.5 Å². The predicted octanol–water partition coefficient (Wildman–Crippen LogP) is 2.48. The van der Waals surface area contributed by atoms with Gasteiger partial charge in [0.1, 0.15) is 9.88 Å². The van der Waals surface area contributed by atoms with Crippen LogP contribution in [0.2, 0.25) is 0 Å². The number of amides is 1. The second-order valence-electron chi connectivity index (χ2n) is 6.44. The van der Waals surface area contributed by atoms with Crippen LogP contribution in [0.1, 0.15) is 23.0 Å². The van der Waals surface area contributed by atoms with Crippen LogP contribution < -0.4 is 9.47 Å². The average Bonchev–Trinajstić information content (AvgIpc) is 3.33. The maximum Gasteiger partial charge on any atom is 0.311 e. The molecule has 0 radical (unpaired) electrons. The number of thiazole rings is 1. The minimum atomic E-state index is -0.875. The number of carbonyl (C=O) groups excluding carboxylic acids is 1. The smallest absolute Gasteiger partial charge is 0.311 e. The molecule has 3 heterocycles. The van der Waals surface area contributed by atoms with Crippen molar-refractivity contribution in [3.63, 3.8) is 0 Å². The molecule has 1 N–H and O–H groups in total. The normalized spacial score (nSPS) is 21.6. The number of aromatic nitrogens is 1. The Balaban J connectivity index is 1.53. The SMILES string of the molecule is C[C@@]1(C(=O)O)CCN(C(=O)c2cnc(-c3ccc4c(c3)OCO4)s2)C1. The Morgan fingerprint density at radius 1 is 1.32 bits per heavy atom. The monoisotopic (exact) mass is 360 g/mol. The van der Waals surface area contributed by atoms with Crippen molar-refractivity contribution in [2.75, 3.05) is 19.9 Å². The van der Waals surface area contributed by atoms with Crippen molar-refractivity contribution in [2.45, 2.75) is 13.3 Å². The Bertz CT molecular complexity index is 864. The fourth-order valence-electron chi connectivity index (χ4n) is 3.00. The Morgan fingerprint density at radius 2 is 2.12 bits per heavy atom. The van der Waals surface area contributed by atoms with Crippen molar-refractivity contribution < 1.29 is 24.2 Å². The topological polar surface area (TPSA) is 89.0 Å². The number of carboxylic acid groups (broad SMARTS) is 1.